The standard InChI is InChI=1S/C25H34N4O6S/c1-4-7-8-11-29-23(32)19-10-9-18(16-20(19)26-24(29)36-17-21(30)34-5-2)22(31)27-12-14-28(15-13-27)25(33)35-6-3/h9-10,16H,4-8,11-15,17H2,1-3H3. The van der Waals surface area contributed by atoms with Crippen LogP contribution in [0.3, 0.4) is 0 Å². The lowest BCUT2D eigenvalue weighted by molar-refractivity contribution is -0.139. The number of aromatic nitrogens is 2. The minimum atomic E-state index is -0.373. The molecule has 0 N–H and O–H groups in total. The van der Waals surface area contributed by atoms with Gasteiger partial charge in [0, 0.05) is 38.3 Å². The van der Waals surface area contributed by atoms with E-state index in [9.17, 15) is 19.2 Å². The van der Waals surface area contributed by atoms with Crippen LogP contribution in [0.5, 0.6) is 0 Å². The van der Waals surface area contributed by atoms with Crippen LogP contribution in [-0.4, -0.2) is 82.5 Å². The molecule has 1 aromatic carbocycles. The Kier molecular flexibility index (Phi) is 10.2. The number of fused-ring (bicyclic) bond motifs is 1. The molecule has 1 aliphatic heterocycles. The first-order chi connectivity index (χ1) is 17.4. The molecule has 0 bridgehead atoms. The number of carbonyl (C=O) groups excluding carboxylic acids is 3. The summed E-state index contributed by atoms with van der Waals surface area (Å²) in [6, 6.07) is 4.91. The van der Waals surface area contributed by atoms with Crippen molar-refractivity contribution in [3.63, 3.8) is 0 Å². The third kappa shape index (κ3) is 6.77. The number of carbonyl (C=O) groups is 3. The van der Waals surface area contributed by atoms with Gasteiger partial charge < -0.3 is 19.3 Å². The highest BCUT2D eigenvalue weighted by Gasteiger charge is 2.26. The van der Waals surface area contributed by atoms with Crippen LogP contribution >= 0.6 is 11.8 Å². The first kappa shape index (κ1) is 27.5. The van der Waals surface area contributed by atoms with Gasteiger partial charge >= 0.3 is 12.1 Å². The largest absolute Gasteiger partial charge is 0.465 e. The predicted molar refractivity (Wildman–Crippen MR) is 137 cm³/mol. The summed E-state index contributed by atoms with van der Waals surface area (Å²) in [4.78, 5) is 58.2. The summed E-state index contributed by atoms with van der Waals surface area (Å²) in [5, 5.41) is 0.861. The minimum Gasteiger partial charge on any atom is -0.465 e. The molecule has 1 aromatic heterocycles. The number of hydrogen-bond acceptors (Lipinski definition) is 8. The fourth-order valence-electron chi connectivity index (χ4n) is 3.98. The fraction of sp³-hybridized carbons (Fsp3) is 0.560. The van der Waals surface area contributed by atoms with Gasteiger partial charge in [-0.3, -0.25) is 19.0 Å². The van der Waals surface area contributed by atoms with Gasteiger partial charge in [-0.25, -0.2) is 9.78 Å². The van der Waals surface area contributed by atoms with Gasteiger partial charge in [-0.1, -0.05) is 31.5 Å². The highest BCUT2D eigenvalue weighted by atomic mass is 32.2. The molecule has 2 heterocycles. The molecule has 0 unspecified atom stereocenters. The summed E-state index contributed by atoms with van der Waals surface area (Å²) in [5.74, 6) is -0.513. The second-order valence-electron chi connectivity index (χ2n) is 8.36. The molecule has 0 aliphatic carbocycles. The molecule has 0 atom stereocenters. The molecular formula is C25H34N4O6S. The number of unbranched alkanes of at least 4 members (excludes halogenated alkanes) is 2. The summed E-state index contributed by atoms with van der Waals surface area (Å²) in [5.41, 5.74) is 0.641. The van der Waals surface area contributed by atoms with E-state index in [-0.39, 0.29) is 35.9 Å². The first-order valence-electron chi connectivity index (χ1n) is 12.4. The Morgan fingerprint density at radius 3 is 2.33 bits per heavy atom. The first-order valence-corrected chi connectivity index (χ1v) is 13.4. The normalized spacial score (nSPS) is 13.6. The number of benzene rings is 1. The number of piperazine rings is 1. The lowest BCUT2D eigenvalue weighted by Gasteiger charge is -2.34. The van der Waals surface area contributed by atoms with E-state index in [1.807, 2.05) is 0 Å². The van der Waals surface area contributed by atoms with Gasteiger partial charge in [-0.15, -0.1) is 0 Å². The van der Waals surface area contributed by atoms with E-state index in [4.69, 9.17) is 9.47 Å². The Hall–Kier alpha value is -3.08. The minimum absolute atomic E-state index is 0.0446. The summed E-state index contributed by atoms with van der Waals surface area (Å²) in [6.45, 7) is 8.26. The average molecular weight is 519 g/mol. The smallest absolute Gasteiger partial charge is 0.409 e. The number of thioether (sulfide) groups is 1. The highest BCUT2D eigenvalue weighted by molar-refractivity contribution is 7.99. The quantitative estimate of drug-likeness (QED) is 0.204. The van der Waals surface area contributed by atoms with Gasteiger partial charge in [0.1, 0.15) is 0 Å². The maximum Gasteiger partial charge on any atom is 0.409 e. The Bertz CT molecular complexity index is 1140. The maximum absolute atomic E-state index is 13.3. The zero-order valence-corrected chi connectivity index (χ0v) is 22.0. The summed E-state index contributed by atoms with van der Waals surface area (Å²) in [7, 11) is 0. The highest BCUT2D eigenvalue weighted by Crippen LogP contribution is 2.21. The van der Waals surface area contributed by atoms with Crippen molar-refractivity contribution in [1.29, 1.82) is 0 Å². The van der Waals surface area contributed by atoms with Crippen LogP contribution in [0, 0.1) is 0 Å². The van der Waals surface area contributed by atoms with E-state index in [0.29, 0.717) is 61.0 Å². The second kappa shape index (κ2) is 13.3. The van der Waals surface area contributed by atoms with Crippen molar-refractivity contribution in [2.75, 3.05) is 45.1 Å². The third-order valence-electron chi connectivity index (χ3n) is 5.87. The third-order valence-corrected chi connectivity index (χ3v) is 6.82. The van der Waals surface area contributed by atoms with Gasteiger partial charge in [0.15, 0.2) is 5.16 Å². The lowest BCUT2D eigenvalue weighted by Crippen LogP contribution is -2.50. The Morgan fingerprint density at radius 1 is 0.972 bits per heavy atom. The molecule has 0 saturated carbocycles. The lowest BCUT2D eigenvalue weighted by atomic mass is 10.1. The fourth-order valence-corrected chi connectivity index (χ4v) is 4.80. The number of ether oxygens (including phenoxy) is 2. The van der Waals surface area contributed by atoms with Gasteiger partial charge in [0.25, 0.3) is 11.5 Å². The topological polar surface area (TPSA) is 111 Å². The van der Waals surface area contributed by atoms with Crippen LogP contribution in [0.2, 0.25) is 0 Å². The molecule has 1 fully saturated rings. The SMILES string of the molecule is CCCCCn1c(SCC(=O)OCC)nc2cc(C(=O)N3CCN(C(=O)OCC)CC3)ccc2c1=O. The van der Waals surface area contributed by atoms with Gasteiger partial charge in [0.05, 0.1) is 29.9 Å². The van der Waals surface area contributed by atoms with E-state index >= 15 is 0 Å². The van der Waals surface area contributed by atoms with Crippen molar-refractivity contribution in [1.82, 2.24) is 19.4 Å². The van der Waals surface area contributed by atoms with Crippen LogP contribution in [0.25, 0.3) is 10.9 Å². The second-order valence-corrected chi connectivity index (χ2v) is 9.30. The maximum atomic E-state index is 13.3. The number of amides is 2. The number of rotatable bonds is 10. The molecule has 2 amide bonds. The Balaban J connectivity index is 1.84. The van der Waals surface area contributed by atoms with Crippen molar-refractivity contribution in [2.45, 2.75) is 51.7 Å². The van der Waals surface area contributed by atoms with E-state index in [1.165, 1.54) is 0 Å². The number of esters is 1. The average Bonchev–Trinajstić information content (AvgIpc) is 2.88. The van der Waals surface area contributed by atoms with Crippen LogP contribution < -0.4 is 5.56 Å². The zero-order valence-electron chi connectivity index (χ0n) is 21.2. The van der Waals surface area contributed by atoms with E-state index in [2.05, 4.69) is 11.9 Å². The number of nitrogens with zero attached hydrogens (tertiary/aromatic N) is 4. The molecule has 1 aliphatic rings. The molecule has 1 saturated heterocycles. The summed E-state index contributed by atoms with van der Waals surface area (Å²) >= 11 is 1.16. The van der Waals surface area contributed by atoms with Crippen LogP contribution in [0.4, 0.5) is 4.79 Å². The van der Waals surface area contributed by atoms with Crippen LogP contribution in [0.1, 0.15) is 50.4 Å². The van der Waals surface area contributed by atoms with Crippen molar-refractivity contribution < 1.29 is 23.9 Å². The van der Waals surface area contributed by atoms with Gasteiger partial charge in [-0.05, 0) is 38.5 Å². The van der Waals surface area contributed by atoms with Crippen molar-refractivity contribution >= 4 is 40.6 Å². The molecule has 2 aromatic rings. The van der Waals surface area contributed by atoms with Crippen LogP contribution in [-0.2, 0) is 20.8 Å². The molecule has 3 rings (SSSR count). The summed E-state index contributed by atoms with van der Waals surface area (Å²) < 4.78 is 11.7. The number of hydrogen-bond donors (Lipinski definition) is 0. The molecule has 0 radical (unpaired) electrons. The Morgan fingerprint density at radius 2 is 1.67 bits per heavy atom. The van der Waals surface area contributed by atoms with Crippen molar-refractivity contribution in [3.05, 3.63) is 34.1 Å². The molecule has 196 valence electrons. The van der Waals surface area contributed by atoms with Crippen molar-refractivity contribution in [3.8, 4) is 0 Å². The monoisotopic (exact) mass is 518 g/mol. The van der Waals surface area contributed by atoms with E-state index in [0.717, 1.165) is 31.0 Å². The summed E-state index contributed by atoms with van der Waals surface area (Å²) in [6.07, 6.45) is 2.44. The van der Waals surface area contributed by atoms with Crippen molar-refractivity contribution in [2.24, 2.45) is 0 Å². The molecule has 10 nitrogen and oxygen atoms in total. The predicted octanol–water partition coefficient (Wildman–Crippen LogP) is 3.16. The van der Waals surface area contributed by atoms with Gasteiger partial charge in [0.2, 0.25) is 0 Å². The van der Waals surface area contributed by atoms with E-state index in [1.54, 1.807) is 46.4 Å². The van der Waals surface area contributed by atoms with Gasteiger partial charge in [-0.2, -0.15) is 0 Å². The Labute approximate surface area is 214 Å². The van der Waals surface area contributed by atoms with Crippen LogP contribution in [0.15, 0.2) is 28.2 Å². The zero-order chi connectivity index (χ0) is 26.1. The molecule has 11 heteroatoms. The van der Waals surface area contributed by atoms with E-state index < -0.39 is 0 Å². The molecule has 0 spiro atoms. The molecular weight excluding hydrogens is 484 g/mol. The molecule has 36 heavy (non-hydrogen) atoms.